The largest absolute Gasteiger partial charge is 0.355 e. The minimum absolute atomic E-state index is 0.0353. The molecule has 1 amide bonds. The molecular weight excluding hydrogens is 272 g/mol. The van der Waals surface area contributed by atoms with E-state index in [1.807, 2.05) is 6.92 Å². The molecular formula is C10H12N4O2S2. The average molecular weight is 284 g/mol. The number of amides is 1. The van der Waals surface area contributed by atoms with Gasteiger partial charge in [0.25, 0.3) is 0 Å². The number of H-pyrrole nitrogens is 1. The summed E-state index contributed by atoms with van der Waals surface area (Å²) in [6.07, 6.45) is 2.17. The molecule has 2 aromatic rings. The SMILES string of the molecule is Cc1[nH]c(=S)sc1CC(=O)NCCc1ncon1. The standard InChI is InChI=1S/C10H12N4O2S2/c1-6-7(18-10(17)13-6)4-9(15)11-3-2-8-12-5-16-14-8/h5H,2-4H2,1H3,(H,11,15)(H,13,17). The third kappa shape index (κ3) is 3.47. The minimum Gasteiger partial charge on any atom is -0.355 e. The molecule has 2 heterocycles. The van der Waals surface area contributed by atoms with E-state index in [1.54, 1.807) is 0 Å². The van der Waals surface area contributed by atoms with Gasteiger partial charge in [-0.2, -0.15) is 4.98 Å². The van der Waals surface area contributed by atoms with Crippen LogP contribution in [0.25, 0.3) is 0 Å². The third-order valence-corrected chi connectivity index (χ3v) is 3.66. The Morgan fingerprint density at radius 3 is 3.11 bits per heavy atom. The van der Waals surface area contributed by atoms with Crippen LogP contribution in [-0.2, 0) is 17.6 Å². The van der Waals surface area contributed by atoms with Crippen molar-refractivity contribution in [3.63, 3.8) is 0 Å². The van der Waals surface area contributed by atoms with Crippen molar-refractivity contribution in [2.75, 3.05) is 6.54 Å². The smallest absolute Gasteiger partial charge is 0.225 e. The van der Waals surface area contributed by atoms with Crippen molar-refractivity contribution in [3.8, 4) is 0 Å². The fourth-order valence-electron chi connectivity index (χ4n) is 1.43. The Labute approximate surface area is 112 Å². The number of aryl methyl sites for hydroxylation is 1. The molecule has 0 unspecified atom stereocenters. The highest BCUT2D eigenvalue weighted by Crippen LogP contribution is 2.14. The Kier molecular flexibility index (Phi) is 4.21. The molecule has 0 aliphatic heterocycles. The lowest BCUT2D eigenvalue weighted by Crippen LogP contribution is -2.27. The van der Waals surface area contributed by atoms with Crippen LogP contribution in [-0.4, -0.2) is 27.6 Å². The highest BCUT2D eigenvalue weighted by atomic mass is 32.1. The number of hydrogen-bond donors (Lipinski definition) is 2. The summed E-state index contributed by atoms with van der Waals surface area (Å²) >= 11 is 6.45. The van der Waals surface area contributed by atoms with Crippen molar-refractivity contribution in [1.29, 1.82) is 0 Å². The Bertz CT molecular complexity index is 573. The molecule has 0 aromatic carbocycles. The molecule has 2 rings (SSSR count). The highest BCUT2D eigenvalue weighted by Gasteiger charge is 2.08. The lowest BCUT2D eigenvalue weighted by molar-refractivity contribution is -0.120. The molecule has 0 saturated heterocycles. The van der Waals surface area contributed by atoms with Crippen molar-refractivity contribution >= 4 is 29.5 Å². The van der Waals surface area contributed by atoms with Gasteiger partial charge in [-0.15, -0.1) is 11.3 Å². The maximum Gasteiger partial charge on any atom is 0.225 e. The lowest BCUT2D eigenvalue weighted by atomic mass is 10.3. The molecule has 0 saturated carbocycles. The second kappa shape index (κ2) is 5.87. The van der Waals surface area contributed by atoms with E-state index < -0.39 is 0 Å². The maximum atomic E-state index is 11.7. The van der Waals surface area contributed by atoms with Gasteiger partial charge in [0, 0.05) is 23.5 Å². The summed E-state index contributed by atoms with van der Waals surface area (Å²) in [5.74, 6) is 0.552. The molecule has 0 bridgehead atoms. The fourth-order valence-corrected chi connectivity index (χ4v) is 2.72. The second-order valence-electron chi connectivity index (χ2n) is 3.69. The summed E-state index contributed by atoms with van der Waals surface area (Å²) < 4.78 is 5.29. The number of hydrogen-bond acceptors (Lipinski definition) is 6. The first-order chi connectivity index (χ1) is 8.65. The zero-order valence-corrected chi connectivity index (χ0v) is 11.4. The van der Waals surface area contributed by atoms with Crippen LogP contribution >= 0.6 is 23.6 Å². The summed E-state index contributed by atoms with van der Waals surface area (Å²) in [6.45, 7) is 2.40. The van der Waals surface area contributed by atoms with Crippen LogP contribution < -0.4 is 5.32 Å². The van der Waals surface area contributed by atoms with Gasteiger partial charge in [0.2, 0.25) is 12.3 Å². The fraction of sp³-hybridized carbons (Fsp3) is 0.400. The summed E-state index contributed by atoms with van der Waals surface area (Å²) in [6, 6.07) is 0. The predicted molar refractivity (Wildman–Crippen MR) is 69.0 cm³/mol. The van der Waals surface area contributed by atoms with Crippen molar-refractivity contribution in [1.82, 2.24) is 20.4 Å². The third-order valence-electron chi connectivity index (χ3n) is 2.32. The van der Waals surface area contributed by atoms with Crippen LogP contribution in [0.15, 0.2) is 10.9 Å². The normalized spacial score (nSPS) is 10.5. The topological polar surface area (TPSA) is 83.8 Å². The van der Waals surface area contributed by atoms with Crippen LogP contribution in [0.3, 0.4) is 0 Å². The number of rotatable bonds is 5. The Balaban J connectivity index is 1.79. The Hall–Kier alpha value is -1.54. The maximum absolute atomic E-state index is 11.7. The van der Waals surface area contributed by atoms with Gasteiger partial charge in [0.15, 0.2) is 9.78 Å². The van der Waals surface area contributed by atoms with Gasteiger partial charge in [-0.25, -0.2) is 0 Å². The van der Waals surface area contributed by atoms with Crippen molar-refractivity contribution in [2.45, 2.75) is 19.8 Å². The van der Waals surface area contributed by atoms with Crippen molar-refractivity contribution < 1.29 is 9.32 Å². The quantitative estimate of drug-likeness (QED) is 0.811. The number of nitrogens with one attached hydrogen (secondary N) is 2. The summed E-state index contributed by atoms with van der Waals surface area (Å²) in [5.41, 5.74) is 0.957. The second-order valence-corrected chi connectivity index (χ2v) is 5.46. The minimum atomic E-state index is -0.0353. The number of carbonyl (C=O) groups excluding carboxylic acids is 1. The Morgan fingerprint density at radius 1 is 1.67 bits per heavy atom. The van der Waals surface area contributed by atoms with E-state index in [9.17, 15) is 4.79 Å². The van der Waals surface area contributed by atoms with Gasteiger partial charge in [0.05, 0.1) is 6.42 Å². The van der Waals surface area contributed by atoms with Crippen LogP contribution in [0, 0.1) is 10.9 Å². The number of nitrogens with zero attached hydrogens (tertiary/aromatic N) is 2. The van der Waals surface area contributed by atoms with E-state index in [-0.39, 0.29) is 5.91 Å². The predicted octanol–water partition coefficient (Wildman–Crippen LogP) is 1.40. The molecule has 8 heteroatoms. The zero-order chi connectivity index (χ0) is 13.0. The first-order valence-electron chi connectivity index (χ1n) is 5.35. The van der Waals surface area contributed by atoms with Gasteiger partial charge in [-0.3, -0.25) is 4.79 Å². The van der Waals surface area contributed by atoms with Crippen LogP contribution in [0.1, 0.15) is 16.4 Å². The van der Waals surface area contributed by atoms with Gasteiger partial charge in [-0.05, 0) is 19.1 Å². The summed E-state index contributed by atoms with van der Waals surface area (Å²) in [7, 11) is 0. The first kappa shape index (κ1) is 12.9. The van der Waals surface area contributed by atoms with Gasteiger partial charge in [0.1, 0.15) is 0 Å². The number of thiazole rings is 1. The molecule has 0 fully saturated rings. The summed E-state index contributed by atoms with van der Waals surface area (Å²) in [4.78, 5) is 19.5. The number of aromatic amines is 1. The van der Waals surface area contributed by atoms with E-state index in [2.05, 4.69) is 25.0 Å². The van der Waals surface area contributed by atoms with Crippen LogP contribution in [0.2, 0.25) is 0 Å². The van der Waals surface area contributed by atoms with Crippen molar-refractivity contribution in [3.05, 3.63) is 26.7 Å². The van der Waals surface area contributed by atoms with E-state index >= 15 is 0 Å². The molecule has 0 aliphatic rings. The molecule has 96 valence electrons. The van der Waals surface area contributed by atoms with E-state index in [0.717, 1.165) is 10.6 Å². The first-order valence-corrected chi connectivity index (χ1v) is 6.58. The highest BCUT2D eigenvalue weighted by molar-refractivity contribution is 7.73. The number of carbonyl (C=O) groups is 1. The molecule has 0 aliphatic carbocycles. The summed E-state index contributed by atoms with van der Waals surface area (Å²) in [5, 5.41) is 6.46. The number of aromatic nitrogens is 3. The molecule has 6 nitrogen and oxygen atoms in total. The lowest BCUT2D eigenvalue weighted by Gasteiger charge is -2.02. The van der Waals surface area contributed by atoms with Gasteiger partial charge >= 0.3 is 0 Å². The monoisotopic (exact) mass is 284 g/mol. The van der Waals surface area contributed by atoms with E-state index in [0.29, 0.717) is 29.2 Å². The van der Waals surface area contributed by atoms with E-state index in [1.165, 1.54) is 17.7 Å². The molecule has 2 N–H and O–H groups in total. The molecule has 0 atom stereocenters. The van der Waals surface area contributed by atoms with Gasteiger partial charge < -0.3 is 14.8 Å². The molecule has 2 aromatic heterocycles. The van der Waals surface area contributed by atoms with Crippen LogP contribution in [0.5, 0.6) is 0 Å². The molecule has 18 heavy (non-hydrogen) atoms. The van der Waals surface area contributed by atoms with Crippen molar-refractivity contribution in [2.24, 2.45) is 0 Å². The molecule has 0 radical (unpaired) electrons. The van der Waals surface area contributed by atoms with E-state index in [4.69, 9.17) is 12.2 Å². The molecule has 0 spiro atoms. The van der Waals surface area contributed by atoms with Gasteiger partial charge in [-0.1, -0.05) is 5.16 Å². The van der Waals surface area contributed by atoms with Crippen LogP contribution in [0.4, 0.5) is 0 Å². The Morgan fingerprint density at radius 2 is 2.50 bits per heavy atom. The zero-order valence-electron chi connectivity index (χ0n) is 9.73. The average Bonchev–Trinajstić information content (AvgIpc) is 2.90.